The molecule has 0 N–H and O–H groups in total. The summed E-state index contributed by atoms with van der Waals surface area (Å²) < 4.78 is 55.3. The predicted octanol–water partition coefficient (Wildman–Crippen LogP) is 3.34. The van der Waals surface area contributed by atoms with Gasteiger partial charge in [0.25, 0.3) is 11.8 Å². The molecule has 1 saturated heterocycles. The van der Waals surface area contributed by atoms with E-state index in [1.807, 2.05) is 0 Å². The number of amides is 2. The number of morpholine rings is 1. The van der Waals surface area contributed by atoms with Gasteiger partial charge >= 0.3 is 6.18 Å². The second-order valence-electron chi connectivity index (χ2n) is 7.79. The number of nitrogens with zero attached hydrogens (tertiary/aromatic N) is 2. The number of hydrogen-bond acceptors (Lipinski definition) is 5. The van der Waals surface area contributed by atoms with Gasteiger partial charge in [0.05, 0.1) is 32.0 Å². The van der Waals surface area contributed by atoms with E-state index in [1.165, 1.54) is 24.1 Å². The number of benzene rings is 2. The molecule has 10 heteroatoms. The third-order valence-corrected chi connectivity index (χ3v) is 5.48. The first-order chi connectivity index (χ1) is 16.2. The fourth-order valence-corrected chi connectivity index (χ4v) is 3.66. The number of ether oxygens (including phenoxy) is 3. The van der Waals surface area contributed by atoms with Crippen molar-refractivity contribution in [1.29, 1.82) is 0 Å². The number of rotatable bonds is 8. The lowest BCUT2D eigenvalue weighted by Gasteiger charge is -2.36. The van der Waals surface area contributed by atoms with Crippen molar-refractivity contribution in [2.24, 2.45) is 0 Å². The van der Waals surface area contributed by atoms with Crippen molar-refractivity contribution in [3.05, 3.63) is 65.2 Å². The molecule has 2 aromatic carbocycles. The molecule has 0 saturated carbocycles. The smallest absolute Gasteiger partial charge is 0.416 e. The second kappa shape index (κ2) is 11.3. The first-order valence-electron chi connectivity index (χ1n) is 10.7. The van der Waals surface area contributed by atoms with Gasteiger partial charge in [-0.05, 0) is 42.5 Å². The fourth-order valence-electron chi connectivity index (χ4n) is 3.66. The second-order valence-corrected chi connectivity index (χ2v) is 7.79. The summed E-state index contributed by atoms with van der Waals surface area (Å²) in [5.74, 6) is -0.104. The van der Waals surface area contributed by atoms with E-state index in [1.54, 1.807) is 36.3 Å². The lowest BCUT2D eigenvalue weighted by Crippen LogP contribution is -2.51. The van der Waals surface area contributed by atoms with Crippen molar-refractivity contribution >= 4 is 11.8 Å². The van der Waals surface area contributed by atoms with E-state index >= 15 is 0 Å². The van der Waals surface area contributed by atoms with Gasteiger partial charge in [0.15, 0.2) is 0 Å². The molecule has 0 bridgehead atoms. The molecule has 1 heterocycles. The quantitative estimate of drug-likeness (QED) is 0.580. The van der Waals surface area contributed by atoms with E-state index < -0.39 is 23.8 Å². The lowest BCUT2D eigenvalue weighted by atomic mass is 10.1. The van der Waals surface area contributed by atoms with Crippen LogP contribution in [0.25, 0.3) is 0 Å². The van der Waals surface area contributed by atoms with Gasteiger partial charge in [0.2, 0.25) is 0 Å². The van der Waals surface area contributed by atoms with E-state index in [0.29, 0.717) is 17.9 Å². The molecule has 184 valence electrons. The molecular weight excluding hydrogens is 453 g/mol. The number of carbonyl (C=O) groups excluding carboxylic acids is 2. The Hall–Kier alpha value is -3.11. The average molecular weight is 480 g/mol. The summed E-state index contributed by atoms with van der Waals surface area (Å²) in [6.45, 7) is 1.38. The van der Waals surface area contributed by atoms with Crippen molar-refractivity contribution in [3.8, 4) is 5.75 Å². The number of alkyl halides is 3. The number of hydrogen-bond donors (Lipinski definition) is 0. The van der Waals surface area contributed by atoms with Crippen molar-refractivity contribution in [1.82, 2.24) is 9.80 Å². The van der Waals surface area contributed by atoms with Crippen LogP contribution in [0.1, 0.15) is 26.3 Å². The van der Waals surface area contributed by atoms with E-state index in [2.05, 4.69) is 0 Å². The first-order valence-corrected chi connectivity index (χ1v) is 10.7. The van der Waals surface area contributed by atoms with E-state index in [4.69, 9.17) is 14.2 Å². The normalized spacial score (nSPS) is 16.3. The van der Waals surface area contributed by atoms with E-state index in [-0.39, 0.29) is 44.3 Å². The highest BCUT2D eigenvalue weighted by atomic mass is 19.4. The predicted molar refractivity (Wildman–Crippen MR) is 118 cm³/mol. The van der Waals surface area contributed by atoms with Gasteiger partial charge in [-0.1, -0.05) is 6.07 Å². The van der Waals surface area contributed by atoms with Crippen LogP contribution in [-0.2, 0) is 15.7 Å². The molecule has 0 spiro atoms. The molecule has 1 fully saturated rings. The monoisotopic (exact) mass is 480 g/mol. The minimum atomic E-state index is -4.55. The van der Waals surface area contributed by atoms with Gasteiger partial charge in [-0.25, -0.2) is 0 Å². The highest BCUT2D eigenvalue weighted by Gasteiger charge is 2.32. The minimum Gasteiger partial charge on any atom is -0.497 e. The fraction of sp³-hybridized carbons (Fsp3) is 0.417. The van der Waals surface area contributed by atoms with Crippen molar-refractivity contribution < 1.29 is 37.0 Å². The minimum absolute atomic E-state index is 0.0760. The molecular formula is C24H27F3N2O5. The molecule has 0 aliphatic carbocycles. The number of halogens is 3. The van der Waals surface area contributed by atoms with Gasteiger partial charge < -0.3 is 24.0 Å². The van der Waals surface area contributed by atoms with Gasteiger partial charge in [-0.3, -0.25) is 9.59 Å². The Morgan fingerprint density at radius 2 is 1.85 bits per heavy atom. The van der Waals surface area contributed by atoms with Crippen LogP contribution in [0.4, 0.5) is 13.2 Å². The Balaban J connectivity index is 1.71. The summed E-state index contributed by atoms with van der Waals surface area (Å²) in [7, 11) is 3.01. The van der Waals surface area contributed by atoms with Crippen molar-refractivity contribution in [2.75, 3.05) is 53.6 Å². The van der Waals surface area contributed by atoms with Crippen LogP contribution in [0, 0.1) is 0 Å². The largest absolute Gasteiger partial charge is 0.497 e. The molecule has 2 amide bonds. The molecule has 2 aromatic rings. The van der Waals surface area contributed by atoms with Crippen LogP contribution < -0.4 is 4.74 Å². The van der Waals surface area contributed by atoms with Gasteiger partial charge in [0.1, 0.15) is 5.75 Å². The third-order valence-electron chi connectivity index (χ3n) is 5.48. The van der Waals surface area contributed by atoms with Gasteiger partial charge in [0, 0.05) is 44.4 Å². The maximum Gasteiger partial charge on any atom is 0.416 e. The van der Waals surface area contributed by atoms with Crippen LogP contribution >= 0.6 is 0 Å². The number of methoxy groups -OCH3 is 2. The van der Waals surface area contributed by atoms with Crippen molar-refractivity contribution in [2.45, 2.75) is 12.3 Å². The van der Waals surface area contributed by atoms with Crippen molar-refractivity contribution in [3.63, 3.8) is 0 Å². The highest BCUT2D eigenvalue weighted by Crippen LogP contribution is 2.30. The zero-order valence-corrected chi connectivity index (χ0v) is 19.0. The maximum absolute atomic E-state index is 13.1. The summed E-state index contributed by atoms with van der Waals surface area (Å²) in [5.41, 5.74) is -0.471. The molecule has 7 nitrogen and oxygen atoms in total. The van der Waals surface area contributed by atoms with Gasteiger partial charge in [-0.2, -0.15) is 13.2 Å². The molecule has 0 radical (unpaired) electrons. The Bertz CT molecular complexity index is 981. The molecule has 1 unspecified atom stereocenters. The number of carbonyl (C=O) groups is 2. The highest BCUT2D eigenvalue weighted by molar-refractivity contribution is 5.95. The molecule has 1 aliphatic heterocycles. The summed E-state index contributed by atoms with van der Waals surface area (Å²) in [6.07, 6.45) is -5.05. The molecule has 3 rings (SSSR count). The topological polar surface area (TPSA) is 68.3 Å². The first kappa shape index (κ1) is 25.5. The van der Waals surface area contributed by atoms with Crippen LogP contribution in [0.15, 0.2) is 48.5 Å². The average Bonchev–Trinajstić information content (AvgIpc) is 2.85. The maximum atomic E-state index is 13.1. The third kappa shape index (κ3) is 6.48. The van der Waals surface area contributed by atoms with Crippen LogP contribution in [0.5, 0.6) is 5.75 Å². The summed E-state index contributed by atoms with van der Waals surface area (Å²) in [4.78, 5) is 29.0. The summed E-state index contributed by atoms with van der Waals surface area (Å²) in [6, 6.07) is 11.1. The zero-order chi connectivity index (χ0) is 24.7. The molecule has 1 aliphatic rings. The Kier molecular flexibility index (Phi) is 8.51. The van der Waals surface area contributed by atoms with Crippen LogP contribution in [0.2, 0.25) is 0 Å². The summed E-state index contributed by atoms with van der Waals surface area (Å²) in [5, 5.41) is 0. The van der Waals surface area contributed by atoms with E-state index in [9.17, 15) is 22.8 Å². The lowest BCUT2D eigenvalue weighted by molar-refractivity contribution is -0.137. The van der Waals surface area contributed by atoms with Gasteiger partial charge in [-0.15, -0.1) is 0 Å². The Morgan fingerprint density at radius 1 is 1.12 bits per heavy atom. The zero-order valence-electron chi connectivity index (χ0n) is 19.0. The molecule has 0 aromatic heterocycles. The Morgan fingerprint density at radius 3 is 2.50 bits per heavy atom. The Labute approximate surface area is 196 Å². The summed E-state index contributed by atoms with van der Waals surface area (Å²) >= 11 is 0. The van der Waals surface area contributed by atoms with E-state index in [0.717, 1.165) is 12.1 Å². The standard InChI is InChI=1S/C24H27F3N2O5/c1-32-12-10-28(23(31)18-4-3-5-19(14-18)24(25,26)27)15-21-16-29(11-13-34-21)22(30)17-6-8-20(33-2)9-7-17/h3-9,14,21H,10-13,15-16H2,1-2H3. The SMILES string of the molecule is COCCN(CC1CN(C(=O)c2ccc(OC)cc2)CCO1)C(=O)c1cccc(C(F)(F)F)c1. The molecule has 34 heavy (non-hydrogen) atoms. The van der Waals surface area contributed by atoms with Crippen LogP contribution in [0.3, 0.4) is 0 Å². The molecule has 1 atom stereocenters. The van der Waals surface area contributed by atoms with Crippen LogP contribution in [-0.4, -0.2) is 81.3 Å².